The number of anilines is 1. The maximum atomic E-state index is 12.6. The van der Waals surface area contributed by atoms with E-state index in [1.807, 2.05) is 39.0 Å². The molecule has 2 heterocycles. The van der Waals surface area contributed by atoms with Crippen LogP contribution in [-0.4, -0.2) is 27.3 Å². The smallest absolute Gasteiger partial charge is 0.247 e. The number of amides is 2. The Hall–Kier alpha value is -1.73. The van der Waals surface area contributed by atoms with Crippen molar-refractivity contribution in [2.24, 2.45) is 0 Å². The molecule has 0 aliphatic carbocycles. The van der Waals surface area contributed by atoms with Crippen molar-refractivity contribution in [2.45, 2.75) is 36.8 Å². The second-order valence-electron chi connectivity index (χ2n) is 5.25. The van der Waals surface area contributed by atoms with Crippen LogP contribution in [0.3, 0.4) is 0 Å². The fraction of sp³-hybridized carbons (Fsp3) is 0.333. The minimum atomic E-state index is -0.416. The molecule has 1 aliphatic heterocycles. The summed E-state index contributed by atoms with van der Waals surface area (Å²) in [4.78, 5) is 26.2. The van der Waals surface area contributed by atoms with Crippen LogP contribution in [0.4, 0.5) is 5.69 Å². The first-order valence-electron chi connectivity index (χ1n) is 6.86. The molecule has 0 N–H and O–H groups in total. The van der Waals surface area contributed by atoms with E-state index < -0.39 is 5.25 Å². The first-order valence-corrected chi connectivity index (χ1v) is 8.56. The second-order valence-corrected chi connectivity index (χ2v) is 7.89. The Morgan fingerprint density at radius 1 is 1.23 bits per heavy atom. The van der Waals surface area contributed by atoms with Crippen molar-refractivity contribution >= 4 is 40.6 Å². The largest absolute Gasteiger partial charge is 0.274 e. The molecule has 1 fully saturated rings. The number of hydrogen-bond acceptors (Lipinski definition) is 6. The monoisotopic (exact) mass is 333 g/mol. The van der Waals surface area contributed by atoms with Crippen LogP contribution in [0, 0.1) is 20.8 Å². The van der Waals surface area contributed by atoms with E-state index in [4.69, 9.17) is 0 Å². The van der Waals surface area contributed by atoms with Gasteiger partial charge in [0.25, 0.3) is 0 Å². The zero-order valence-corrected chi connectivity index (χ0v) is 14.1. The lowest BCUT2D eigenvalue weighted by Gasteiger charge is -2.17. The van der Waals surface area contributed by atoms with E-state index in [9.17, 15) is 9.59 Å². The van der Waals surface area contributed by atoms with E-state index in [1.165, 1.54) is 28.0 Å². The lowest BCUT2D eigenvalue weighted by Crippen LogP contribution is -2.31. The van der Waals surface area contributed by atoms with Gasteiger partial charge in [-0.2, -0.15) is 0 Å². The molecule has 0 radical (unpaired) electrons. The molecule has 0 saturated carbocycles. The zero-order chi connectivity index (χ0) is 15.9. The summed E-state index contributed by atoms with van der Waals surface area (Å²) in [5.74, 6) is -0.328. The molecule has 5 nitrogen and oxygen atoms in total. The summed E-state index contributed by atoms with van der Waals surface area (Å²) in [6.07, 6.45) is 0.204. The van der Waals surface area contributed by atoms with Crippen molar-refractivity contribution in [3.8, 4) is 0 Å². The first kappa shape index (κ1) is 15.2. The maximum absolute atomic E-state index is 12.6. The Morgan fingerprint density at radius 2 is 2.00 bits per heavy atom. The van der Waals surface area contributed by atoms with Gasteiger partial charge >= 0.3 is 0 Å². The SMILES string of the molecule is Cc1ccc(N2C(=O)C[C@@H](Sc3nnc(C)s3)C2=O)c(C)c1. The van der Waals surface area contributed by atoms with Gasteiger partial charge < -0.3 is 0 Å². The molecule has 1 aliphatic rings. The van der Waals surface area contributed by atoms with Gasteiger partial charge in [0.2, 0.25) is 11.8 Å². The quantitative estimate of drug-likeness (QED) is 0.808. The van der Waals surface area contributed by atoms with Crippen LogP contribution in [0.2, 0.25) is 0 Å². The van der Waals surface area contributed by atoms with Gasteiger partial charge in [0.05, 0.1) is 5.69 Å². The molecule has 0 spiro atoms. The summed E-state index contributed by atoms with van der Waals surface area (Å²) >= 11 is 2.76. The Balaban J connectivity index is 1.85. The van der Waals surface area contributed by atoms with E-state index in [1.54, 1.807) is 0 Å². The van der Waals surface area contributed by atoms with Gasteiger partial charge in [0, 0.05) is 6.42 Å². The van der Waals surface area contributed by atoms with E-state index in [2.05, 4.69) is 10.2 Å². The predicted molar refractivity (Wildman–Crippen MR) is 87.3 cm³/mol. The molecule has 7 heteroatoms. The summed E-state index contributed by atoms with van der Waals surface area (Å²) in [5, 5.41) is 8.39. The van der Waals surface area contributed by atoms with Crippen LogP contribution in [0.15, 0.2) is 22.5 Å². The molecular weight excluding hydrogens is 318 g/mol. The summed E-state index contributed by atoms with van der Waals surface area (Å²) in [5.41, 5.74) is 2.71. The fourth-order valence-corrected chi connectivity index (χ4v) is 4.54. The summed E-state index contributed by atoms with van der Waals surface area (Å²) in [6, 6.07) is 5.73. The van der Waals surface area contributed by atoms with Gasteiger partial charge in [-0.15, -0.1) is 10.2 Å². The van der Waals surface area contributed by atoms with Gasteiger partial charge in [0.15, 0.2) is 4.34 Å². The molecule has 2 amide bonds. The Labute approximate surface area is 136 Å². The highest BCUT2D eigenvalue weighted by Crippen LogP contribution is 2.36. The summed E-state index contributed by atoms with van der Waals surface area (Å²) < 4.78 is 0.728. The number of benzene rings is 1. The molecule has 1 aromatic heterocycles. The molecular formula is C15H15N3O2S2. The average molecular weight is 333 g/mol. The topological polar surface area (TPSA) is 63.2 Å². The van der Waals surface area contributed by atoms with Gasteiger partial charge in [-0.3, -0.25) is 9.59 Å². The molecule has 1 atom stereocenters. The minimum Gasteiger partial charge on any atom is -0.274 e. The third kappa shape index (κ3) is 2.78. The van der Waals surface area contributed by atoms with Crippen LogP contribution in [0.1, 0.15) is 22.6 Å². The Kier molecular flexibility index (Phi) is 4.01. The van der Waals surface area contributed by atoms with Crippen molar-refractivity contribution in [3.63, 3.8) is 0 Å². The molecule has 22 heavy (non-hydrogen) atoms. The van der Waals surface area contributed by atoms with E-state index >= 15 is 0 Å². The maximum Gasteiger partial charge on any atom is 0.247 e. The third-order valence-corrected chi connectivity index (χ3v) is 5.56. The molecule has 0 bridgehead atoms. The van der Waals surface area contributed by atoms with Gasteiger partial charge in [-0.1, -0.05) is 40.8 Å². The Morgan fingerprint density at radius 3 is 2.64 bits per heavy atom. The number of carbonyl (C=O) groups excluding carboxylic acids is 2. The number of aromatic nitrogens is 2. The molecule has 0 unspecified atom stereocenters. The summed E-state index contributed by atoms with van der Waals surface area (Å²) in [7, 11) is 0. The average Bonchev–Trinajstić information content (AvgIpc) is 2.96. The highest BCUT2D eigenvalue weighted by molar-refractivity contribution is 8.02. The van der Waals surface area contributed by atoms with E-state index in [0.29, 0.717) is 5.69 Å². The van der Waals surface area contributed by atoms with Crippen LogP contribution < -0.4 is 4.90 Å². The molecule has 3 rings (SSSR count). The molecule has 1 saturated heterocycles. The van der Waals surface area contributed by atoms with E-state index in [0.717, 1.165) is 20.5 Å². The number of aryl methyl sites for hydroxylation is 3. The predicted octanol–water partition coefficient (Wildman–Crippen LogP) is 2.89. The molecule has 2 aromatic rings. The number of imide groups is 1. The van der Waals surface area contributed by atoms with Crippen molar-refractivity contribution in [1.82, 2.24) is 10.2 Å². The normalized spacial score (nSPS) is 18.3. The van der Waals surface area contributed by atoms with Crippen molar-refractivity contribution in [3.05, 3.63) is 34.3 Å². The lowest BCUT2D eigenvalue weighted by molar-refractivity contribution is -0.121. The minimum absolute atomic E-state index is 0.157. The summed E-state index contributed by atoms with van der Waals surface area (Å²) in [6.45, 7) is 5.77. The van der Waals surface area contributed by atoms with Crippen LogP contribution >= 0.6 is 23.1 Å². The number of hydrogen-bond donors (Lipinski definition) is 0. The number of nitrogens with zero attached hydrogens (tertiary/aromatic N) is 3. The fourth-order valence-electron chi connectivity index (χ4n) is 2.45. The van der Waals surface area contributed by atoms with Crippen molar-refractivity contribution in [2.75, 3.05) is 4.90 Å². The lowest BCUT2D eigenvalue weighted by atomic mass is 10.1. The van der Waals surface area contributed by atoms with Gasteiger partial charge in [-0.25, -0.2) is 4.90 Å². The highest BCUT2D eigenvalue weighted by Gasteiger charge is 2.41. The first-order chi connectivity index (χ1) is 10.5. The number of carbonyl (C=O) groups is 2. The number of rotatable bonds is 3. The van der Waals surface area contributed by atoms with Crippen LogP contribution in [0.5, 0.6) is 0 Å². The third-order valence-electron chi connectivity index (χ3n) is 3.45. The van der Waals surface area contributed by atoms with E-state index in [-0.39, 0.29) is 18.2 Å². The highest BCUT2D eigenvalue weighted by atomic mass is 32.2. The Bertz CT molecular complexity index is 757. The van der Waals surface area contributed by atoms with Gasteiger partial charge in [0.1, 0.15) is 10.3 Å². The van der Waals surface area contributed by atoms with Crippen molar-refractivity contribution in [1.29, 1.82) is 0 Å². The second kappa shape index (κ2) is 5.81. The molecule has 114 valence electrons. The van der Waals surface area contributed by atoms with Gasteiger partial charge in [-0.05, 0) is 32.4 Å². The number of thioether (sulfide) groups is 1. The van der Waals surface area contributed by atoms with Crippen molar-refractivity contribution < 1.29 is 9.59 Å². The standard InChI is InChI=1S/C15H15N3O2S2/c1-8-4-5-11(9(2)6-8)18-13(19)7-12(14(18)20)22-15-17-16-10(3)21-15/h4-6,12H,7H2,1-3H3/t12-/m1/s1. The zero-order valence-electron chi connectivity index (χ0n) is 12.5. The van der Waals surface area contributed by atoms with Crippen LogP contribution in [-0.2, 0) is 9.59 Å². The molecule has 1 aromatic carbocycles. The van der Waals surface area contributed by atoms with Crippen LogP contribution in [0.25, 0.3) is 0 Å².